The summed E-state index contributed by atoms with van der Waals surface area (Å²) in [5, 5.41) is 6.74. The molecule has 1 atom stereocenters. The topological polar surface area (TPSA) is 91.4 Å². The lowest BCUT2D eigenvalue weighted by Crippen LogP contribution is -2.27. The number of carbonyl (C=O) groups is 1. The van der Waals surface area contributed by atoms with Crippen molar-refractivity contribution in [2.75, 3.05) is 19.5 Å². The maximum atomic E-state index is 12.1. The van der Waals surface area contributed by atoms with Gasteiger partial charge in [0.05, 0.1) is 20.4 Å². The monoisotopic (exact) mass is 290 g/mol. The van der Waals surface area contributed by atoms with E-state index in [2.05, 4.69) is 10.4 Å². The number of anilines is 1. The third-order valence-electron chi connectivity index (χ3n) is 3.02. The van der Waals surface area contributed by atoms with Crippen molar-refractivity contribution in [3.63, 3.8) is 0 Å². The normalized spacial score (nSPS) is 11.8. The van der Waals surface area contributed by atoms with Crippen molar-refractivity contribution in [3.8, 4) is 11.5 Å². The molecule has 1 aromatic heterocycles. The van der Waals surface area contributed by atoms with E-state index in [0.29, 0.717) is 22.7 Å². The summed E-state index contributed by atoms with van der Waals surface area (Å²) >= 11 is 0. The fourth-order valence-electron chi connectivity index (χ4n) is 1.89. The maximum absolute atomic E-state index is 12.1. The number of nitrogens with zero attached hydrogens (tertiary/aromatic N) is 2. The van der Waals surface area contributed by atoms with Crippen LogP contribution in [0.2, 0.25) is 0 Å². The molecule has 1 unspecified atom stereocenters. The van der Waals surface area contributed by atoms with E-state index in [1.807, 2.05) is 0 Å². The third-order valence-corrected chi connectivity index (χ3v) is 3.02. The van der Waals surface area contributed by atoms with Crippen LogP contribution in [0.15, 0.2) is 30.6 Å². The van der Waals surface area contributed by atoms with Crippen molar-refractivity contribution in [2.24, 2.45) is 12.8 Å². The number of amides is 1. The van der Waals surface area contributed by atoms with E-state index in [1.165, 1.54) is 7.11 Å². The number of benzene rings is 1. The van der Waals surface area contributed by atoms with Crippen LogP contribution in [0.4, 0.5) is 5.69 Å². The molecule has 0 saturated carbocycles. The molecule has 0 spiro atoms. The van der Waals surface area contributed by atoms with Crippen molar-refractivity contribution in [1.82, 2.24) is 9.78 Å². The van der Waals surface area contributed by atoms with Gasteiger partial charge in [-0.1, -0.05) is 0 Å². The molecule has 0 fully saturated rings. The zero-order chi connectivity index (χ0) is 15.4. The molecule has 1 aromatic carbocycles. The summed E-state index contributed by atoms with van der Waals surface area (Å²) in [6, 6.07) is 4.32. The standard InChI is InChI=1S/C14H18N4O3/c1-18-8-9(7-16-18)13(15)14(19)17-10-4-5-11(20-2)12(6-10)21-3/h4-8,13H,15H2,1-3H3,(H,17,19). The average Bonchev–Trinajstić information content (AvgIpc) is 2.92. The highest BCUT2D eigenvalue weighted by Crippen LogP contribution is 2.30. The molecule has 0 saturated heterocycles. The van der Waals surface area contributed by atoms with Gasteiger partial charge in [-0.05, 0) is 12.1 Å². The first-order chi connectivity index (χ1) is 10.0. The highest BCUT2D eigenvalue weighted by atomic mass is 16.5. The first-order valence-electron chi connectivity index (χ1n) is 6.32. The molecule has 0 bridgehead atoms. The predicted octanol–water partition coefficient (Wildman–Crippen LogP) is 1.08. The summed E-state index contributed by atoms with van der Waals surface area (Å²) in [7, 11) is 4.85. The van der Waals surface area contributed by atoms with Crippen molar-refractivity contribution >= 4 is 11.6 Å². The molecule has 2 rings (SSSR count). The van der Waals surface area contributed by atoms with Crippen LogP contribution in [0.5, 0.6) is 11.5 Å². The molecule has 0 aliphatic carbocycles. The van der Waals surface area contributed by atoms with E-state index in [-0.39, 0.29) is 5.91 Å². The number of methoxy groups -OCH3 is 2. The third kappa shape index (κ3) is 3.32. The fraction of sp³-hybridized carbons (Fsp3) is 0.286. The molecule has 3 N–H and O–H groups in total. The van der Waals surface area contributed by atoms with Crippen molar-refractivity contribution in [1.29, 1.82) is 0 Å². The van der Waals surface area contributed by atoms with Gasteiger partial charge in [-0.15, -0.1) is 0 Å². The molecule has 1 heterocycles. The minimum absolute atomic E-state index is 0.324. The van der Waals surface area contributed by atoms with Gasteiger partial charge in [-0.2, -0.15) is 5.10 Å². The van der Waals surface area contributed by atoms with Crippen LogP contribution in [0.3, 0.4) is 0 Å². The lowest BCUT2D eigenvalue weighted by molar-refractivity contribution is -0.117. The molecule has 112 valence electrons. The second-order valence-electron chi connectivity index (χ2n) is 4.48. The van der Waals surface area contributed by atoms with E-state index in [9.17, 15) is 4.79 Å². The Balaban J connectivity index is 2.12. The van der Waals surface area contributed by atoms with Crippen LogP contribution in [-0.2, 0) is 11.8 Å². The number of ether oxygens (including phenoxy) is 2. The van der Waals surface area contributed by atoms with Crippen LogP contribution in [0.25, 0.3) is 0 Å². The second-order valence-corrected chi connectivity index (χ2v) is 4.48. The molecule has 1 amide bonds. The van der Waals surface area contributed by atoms with Gasteiger partial charge in [0.1, 0.15) is 6.04 Å². The van der Waals surface area contributed by atoms with Crippen LogP contribution in [0.1, 0.15) is 11.6 Å². The number of hydrogen-bond donors (Lipinski definition) is 2. The SMILES string of the molecule is COc1ccc(NC(=O)C(N)c2cnn(C)c2)cc1OC. The number of aromatic nitrogens is 2. The Morgan fingerprint density at radius 3 is 2.62 bits per heavy atom. The molecular weight excluding hydrogens is 272 g/mol. The number of rotatable bonds is 5. The van der Waals surface area contributed by atoms with E-state index >= 15 is 0 Å². The van der Waals surface area contributed by atoms with Gasteiger partial charge in [0.15, 0.2) is 11.5 Å². The van der Waals surface area contributed by atoms with E-state index in [0.717, 1.165) is 0 Å². The second kappa shape index (κ2) is 6.27. The van der Waals surface area contributed by atoms with Gasteiger partial charge in [-0.3, -0.25) is 9.48 Å². The average molecular weight is 290 g/mol. The molecule has 7 heteroatoms. The molecular formula is C14H18N4O3. The first-order valence-corrected chi connectivity index (χ1v) is 6.32. The first kappa shape index (κ1) is 14.9. The summed E-state index contributed by atoms with van der Waals surface area (Å²) in [5.41, 5.74) is 7.13. The number of nitrogens with two attached hydrogens (primary N) is 1. The lowest BCUT2D eigenvalue weighted by atomic mass is 10.1. The van der Waals surface area contributed by atoms with E-state index < -0.39 is 6.04 Å². The molecule has 0 aliphatic heterocycles. The summed E-state index contributed by atoms with van der Waals surface area (Å²) in [4.78, 5) is 12.1. The molecule has 0 radical (unpaired) electrons. The Morgan fingerprint density at radius 1 is 1.33 bits per heavy atom. The molecule has 2 aromatic rings. The summed E-state index contributed by atoms with van der Waals surface area (Å²) in [5.74, 6) is 0.799. The Hall–Kier alpha value is -2.54. The van der Waals surface area contributed by atoms with Crippen molar-refractivity contribution in [3.05, 3.63) is 36.2 Å². The quantitative estimate of drug-likeness (QED) is 0.859. The summed E-state index contributed by atoms with van der Waals surface area (Å²) < 4.78 is 11.9. The number of nitrogens with one attached hydrogen (secondary N) is 1. The van der Waals surface area contributed by atoms with Crippen molar-refractivity contribution in [2.45, 2.75) is 6.04 Å². The molecule has 7 nitrogen and oxygen atoms in total. The summed E-state index contributed by atoms with van der Waals surface area (Å²) in [6.45, 7) is 0. The number of carbonyl (C=O) groups excluding carboxylic acids is 1. The van der Waals surface area contributed by atoms with Crippen LogP contribution >= 0.6 is 0 Å². The molecule has 0 aliphatic rings. The highest BCUT2D eigenvalue weighted by molar-refractivity contribution is 5.95. The maximum Gasteiger partial charge on any atom is 0.246 e. The zero-order valence-corrected chi connectivity index (χ0v) is 12.2. The summed E-state index contributed by atoms with van der Waals surface area (Å²) in [6.07, 6.45) is 3.28. The van der Waals surface area contributed by atoms with Gasteiger partial charge in [-0.25, -0.2) is 0 Å². The van der Waals surface area contributed by atoms with Gasteiger partial charge >= 0.3 is 0 Å². The Labute approximate surface area is 122 Å². The minimum atomic E-state index is -0.785. The predicted molar refractivity (Wildman–Crippen MR) is 78.3 cm³/mol. The largest absolute Gasteiger partial charge is 0.493 e. The molecule has 21 heavy (non-hydrogen) atoms. The Bertz CT molecular complexity index is 639. The van der Waals surface area contributed by atoms with Gasteiger partial charge in [0, 0.05) is 30.6 Å². The van der Waals surface area contributed by atoms with Crippen LogP contribution < -0.4 is 20.5 Å². The number of aryl methyl sites for hydroxylation is 1. The zero-order valence-electron chi connectivity index (χ0n) is 12.2. The Morgan fingerprint density at radius 2 is 2.05 bits per heavy atom. The lowest BCUT2D eigenvalue weighted by Gasteiger charge is -2.13. The van der Waals surface area contributed by atoms with Crippen LogP contribution in [-0.4, -0.2) is 29.9 Å². The van der Waals surface area contributed by atoms with Gasteiger partial charge < -0.3 is 20.5 Å². The van der Waals surface area contributed by atoms with Gasteiger partial charge in [0.25, 0.3) is 0 Å². The van der Waals surface area contributed by atoms with Crippen LogP contribution in [0, 0.1) is 0 Å². The Kier molecular flexibility index (Phi) is 4.44. The van der Waals surface area contributed by atoms with E-state index in [1.54, 1.807) is 49.4 Å². The minimum Gasteiger partial charge on any atom is -0.493 e. The van der Waals surface area contributed by atoms with Crippen molar-refractivity contribution < 1.29 is 14.3 Å². The van der Waals surface area contributed by atoms with Gasteiger partial charge in [0.2, 0.25) is 5.91 Å². The fourth-order valence-corrected chi connectivity index (χ4v) is 1.89. The number of hydrogen-bond acceptors (Lipinski definition) is 5. The highest BCUT2D eigenvalue weighted by Gasteiger charge is 2.18. The smallest absolute Gasteiger partial charge is 0.246 e. The van der Waals surface area contributed by atoms with E-state index in [4.69, 9.17) is 15.2 Å².